The third-order valence-electron chi connectivity index (χ3n) is 5.37. The number of nitrogens with zero attached hydrogens (tertiary/aromatic N) is 1. The van der Waals surface area contributed by atoms with Crippen LogP contribution < -0.4 is 5.32 Å². The van der Waals surface area contributed by atoms with Crippen LogP contribution in [0.5, 0.6) is 0 Å². The van der Waals surface area contributed by atoms with Crippen LogP contribution in [0.25, 0.3) is 0 Å². The van der Waals surface area contributed by atoms with Crippen LogP contribution >= 0.6 is 11.3 Å². The number of amides is 1. The molecule has 3 heterocycles. The molecule has 120 valence electrons. The Kier molecular flexibility index (Phi) is 4.20. The van der Waals surface area contributed by atoms with Crippen molar-refractivity contribution < 1.29 is 9.53 Å². The van der Waals surface area contributed by atoms with Crippen molar-refractivity contribution in [3.8, 4) is 0 Å². The van der Waals surface area contributed by atoms with Crippen molar-refractivity contribution in [1.82, 2.24) is 10.2 Å². The van der Waals surface area contributed by atoms with Crippen LogP contribution in [0.4, 0.5) is 0 Å². The Balaban J connectivity index is 1.30. The summed E-state index contributed by atoms with van der Waals surface area (Å²) >= 11 is 1.75. The number of rotatable bonds is 4. The normalized spacial score (nSPS) is 32.5. The molecule has 22 heavy (non-hydrogen) atoms. The van der Waals surface area contributed by atoms with Gasteiger partial charge in [0.2, 0.25) is 5.91 Å². The van der Waals surface area contributed by atoms with Gasteiger partial charge in [-0.3, -0.25) is 9.69 Å². The zero-order valence-corrected chi connectivity index (χ0v) is 13.7. The van der Waals surface area contributed by atoms with E-state index >= 15 is 0 Å². The van der Waals surface area contributed by atoms with Gasteiger partial charge in [-0.15, -0.1) is 0 Å². The van der Waals surface area contributed by atoms with Crippen LogP contribution in [0.3, 0.4) is 0 Å². The molecule has 5 heteroatoms. The van der Waals surface area contributed by atoms with Crippen molar-refractivity contribution in [3.63, 3.8) is 0 Å². The standard InChI is InChI=1S/C17H24N2O2S/c20-17(18-14-2-1-3-14)15-8-13-4-6-19(10-16(13)21-15)9-12-5-7-22-11-12/h5,7,11,13-16H,1-4,6,8-10H2,(H,18,20)/t13-,15+,16+/m0/s1. The zero-order chi connectivity index (χ0) is 14.9. The van der Waals surface area contributed by atoms with Crippen LogP contribution in [-0.2, 0) is 16.1 Å². The second kappa shape index (κ2) is 6.30. The van der Waals surface area contributed by atoms with Crippen LogP contribution in [-0.4, -0.2) is 42.1 Å². The van der Waals surface area contributed by atoms with E-state index in [4.69, 9.17) is 4.74 Å². The van der Waals surface area contributed by atoms with Gasteiger partial charge in [0, 0.05) is 19.1 Å². The maximum atomic E-state index is 12.3. The number of piperidine rings is 1. The van der Waals surface area contributed by atoms with Crippen molar-refractivity contribution >= 4 is 17.2 Å². The van der Waals surface area contributed by atoms with E-state index in [9.17, 15) is 4.79 Å². The number of hydrogen-bond donors (Lipinski definition) is 1. The number of nitrogens with one attached hydrogen (secondary N) is 1. The van der Waals surface area contributed by atoms with Gasteiger partial charge >= 0.3 is 0 Å². The largest absolute Gasteiger partial charge is 0.364 e. The molecule has 2 aliphatic heterocycles. The highest BCUT2D eigenvalue weighted by Gasteiger charge is 2.42. The van der Waals surface area contributed by atoms with Crippen molar-refractivity contribution in [1.29, 1.82) is 0 Å². The molecule has 0 bridgehead atoms. The average Bonchev–Trinajstić information content (AvgIpc) is 3.11. The van der Waals surface area contributed by atoms with E-state index in [-0.39, 0.29) is 18.1 Å². The Morgan fingerprint density at radius 2 is 2.32 bits per heavy atom. The quantitative estimate of drug-likeness (QED) is 0.926. The average molecular weight is 320 g/mol. The Bertz CT molecular complexity index is 515. The van der Waals surface area contributed by atoms with E-state index in [1.54, 1.807) is 11.3 Å². The molecule has 0 unspecified atom stereocenters. The smallest absolute Gasteiger partial charge is 0.249 e. The van der Waals surface area contributed by atoms with Gasteiger partial charge in [-0.2, -0.15) is 11.3 Å². The molecule has 0 spiro atoms. The van der Waals surface area contributed by atoms with Crippen LogP contribution in [0, 0.1) is 5.92 Å². The van der Waals surface area contributed by atoms with Gasteiger partial charge in [0.05, 0.1) is 6.10 Å². The summed E-state index contributed by atoms with van der Waals surface area (Å²) in [5.41, 5.74) is 1.39. The number of carbonyl (C=O) groups excluding carboxylic acids is 1. The predicted molar refractivity (Wildman–Crippen MR) is 86.8 cm³/mol. The molecular formula is C17H24N2O2S. The van der Waals surface area contributed by atoms with Crippen molar-refractivity contribution in [2.24, 2.45) is 5.92 Å². The lowest BCUT2D eigenvalue weighted by Crippen LogP contribution is -2.45. The summed E-state index contributed by atoms with van der Waals surface area (Å²) in [6.07, 6.45) is 5.62. The minimum absolute atomic E-state index is 0.128. The summed E-state index contributed by atoms with van der Waals surface area (Å²) in [4.78, 5) is 14.7. The van der Waals surface area contributed by atoms with Gasteiger partial charge in [0.1, 0.15) is 6.10 Å². The minimum atomic E-state index is -0.211. The molecular weight excluding hydrogens is 296 g/mol. The molecule has 3 aliphatic rings. The fourth-order valence-corrected chi connectivity index (χ4v) is 4.45. The molecule has 1 saturated carbocycles. The summed E-state index contributed by atoms with van der Waals surface area (Å²) in [5.74, 6) is 0.694. The molecule has 1 amide bonds. The van der Waals surface area contributed by atoms with E-state index in [0.29, 0.717) is 12.0 Å². The van der Waals surface area contributed by atoms with E-state index in [1.807, 2.05) is 0 Å². The summed E-state index contributed by atoms with van der Waals surface area (Å²) in [6, 6.07) is 2.61. The van der Waals surface area contributed by atoms with E-state index in [1.165, 1.54) is 12.0 Å². The minimum Gasteiger partial charge on any atom is -0.364 e. The first kappa shape index (κ1) is 14.7. The van der Waals surface area contributed by atoms with Crippen LogP contribution in [0.1, 0.15) is 37.7 Å². The maximum absolute atomic E-state index is 12.3. The van der Waals surface area contributed by atoms with Gasteiger partial charge in [0.15, 0.2) is 0 Å². The zero-order valence-electron chi connectivity index (χ0n) is 12.9. The van der Waals surface area contributed by atoms with Gasteiger partial charge in [0.25, 0.3) is 0 Å². The number of fused-ring (bicyclic) bond motifs is 1. The molecule has 1 N–H and O–H groups in total. The van der Waals surface area contributed by atoms with Crippen LogP contribution in [0.2, 0.25) is 0 Å². The van der Waals surface area contributed by atoms with Crippen LogP contribution in [0.15, 0.2) is 16.8 Å². The molecule has 2 saturated heterocycles. The van der Waals surface area contributed by atoms with Crippen molar-refractivity contribution in [2.75, 3.05) is 13.1 Å². The molecule has 3 atom stereocenters. The van der Waals surface area contributed by atoms with Gasteiger partial charge in [-0.25, -0.2) is 0 Å². The first-order chi connectivity index (χ1) is 10.8. The molecule has 1 aromatic rings. The van der Waals surface area contributed by atoms with E-state index in [2.05, 4.69) is 27.0 Å². The highest BCUT2D eigenvalue weighted by Crippen LogP contribution is 2.34. The Labute approximate surface area is 135 Å². The first-order valence-electron chi connectivity index (χ1n) is 8.47. The monoisotopic (exact) mass is 320 g/mol. The molecule has 3 fully saturated rings. The molecule has 4 rings (SSSR count). The highest BCUT2D eigenvalue weighted by molar-refractivity contribution is 7.07. The molecule has 1 aromatic heterocycles. The Morgan fingerprint density at radius 3 is 3.05 bits per heavy atom. The highest BCUT2D eigenvalue weighted by atomic mass is 32.1. The number of ether oxygens (including phenoxy) is 1. The fourth-order valence-electron chi connectivity index (χ4n) is 3.79. The van der Waals surface area contributed by atoms with Gasteiger partial charge in [-0.1, -0.05) is 0 Å². The SMILES string of the molecule is O=C(NC1CCC1)[C@H]1C[C@@H]2CCN(Cc3ccsc3)C[C@H]2O1. The number of carbonyl (C=O) groups is 1. The van der Waals surface area contributed by atoms with E-state index in [0.717, 1.165) is 45.3 Å². The fraction of sp³-hybridized carbons (Fsp3) is 0.706. The Morgan fingerprint density at radius 1 is 1.41 bits per heavy atom. The molecule has 4 nitrogen and oxygen atoms in total. The summed E-state index contributed by atoms with van der Waals surface area (Å²) in [6.45, 7) is 3.10. The third-order valence-corrected chi connectivity index (χ3v) is 6.10. The van der Waals surface area contributed by atoms with Crippen molar-refractivity contribution in [2.45, 2.75) is 56.9 Å². The first-order valence-corrected chi connectivity index (χ1v) is 9.41. The second-order valence-corrected chi connectivity index (χ2v) is 7.73. The lowest BCUT2D eigenvalue weighted by atomic mass is 9.90. The Hall–Kier alpha value is -0.910. The molecule has 0 radical (unpaired) electrons. The summed E-state index contributed by atoms with van der Waals surface area (Å²) < 4.78 is 6.09. The molecule has 1 aliphatic carbocycles. The topological polar surface area (TPSA) is 41.6 Å². The van der Waals surface area contributed by atoms with Crippen molar-refractivity contribution in [3.05, 3.63) is 22.4 Å². The lowest BCUT2D eigenvalue weighted by Gasteiger charge is -2.33. The maximum Gasteiger partial charge on any atom is 0.249 e. The number of thiophene rings is 1. The number of likely N-dealkylation sites (tertiary alicyclic amines) is 1. The molecule has 0 aromatic carbocycles. The lowest BCUT2D eigenvalue weighted by molar-refractivity contribution is -0.134. The number of hydrogen-bond acceptors (Lipinski definition) is 4. The summed E-state index contributed by atoms with van der Waals surface area (Å²) in [5, 5.41) is 7.49. The van der Waals surface area contributed by atoms with Gasteiger partial charge in [-0.05, 0) is 67.0 Å². The van der Waals surface area contributed by atoms with E-state index < -0.39 is 0 Å². The second-order valence-electron chi connectivity index (χ2n) is 6.95. The summed E-state index contributed by atoms with van der Waals surface area (Å²) in [7, 11) is 0. The predicted octanol–water partition coefficient (Wildman–Crippen LogP) is 2.40. The van der Waals surface area contributed by atoms with Gasteiger partial charge < -0.3 is 10.1 Å². The third kappa shape index (κ3) is 3.07.